The van der Waals surface area contributed by atoms with Crippen molar-refractivity contribution in [2.75, 3.05) is 26.8 Å². The monoisotopic (exact) mass is 422 g/mol. The molecule has 2 rings (SSSR count). The zero-order chi connectivity index (χ0) is 14.4. The zero-order valence-electron chi connectivity index (χ0n) is 11.1. The van der Waals surface area contributed by atoms with Gasteiger partial charge in [-0.3, -0.25) is 0 Å². The summed E-state index contributed by atoms with van der Waals surface area (Å²) in [6.45, 7) is 2.56. The molecule has 0 aromatic carbocycles. The second-order valence-corrected chi connectivity index (χ2v) is 7.95. The lowest BCUT2D eigenvalue weighted by Crippen LogP contribution is -2.20. The number of hydrogen-bond donors (Lipinski definition) is 1. The van der Waals surface area contributed by atoms with E-state index in [2.05, 4.69) is 42.2 Å². The Kier molecular flexibility index (Phi) is 6.70. The molecule has 0 aliphatic carbocycles. The summed E-state index contributed by atoms with van der Waals surface area (Å²) in [6, 6.07) is 2.03. The van der Waals surface area contributed by atoms with Gasteiger partial charge in [0.05, 0.1) is 20.4 Å². The third-order valence-electron chi connectivity index (χ3n) is 2.70. The first kappa shape index (κ1) is 16.2. The predicted molar refractivity (Wildman–Crippen MR) is 88.3 cm³/mol. The highest BCUT2D eigenvalue weighted by molar-refractivity contribution is 9.12. The van der Waals surface area contributed by atoms with E-state index in [-0.39, 0.29) is 0 Å². The number of rotatable bonds is 8. The molecular weight excluding hydrogens is 408 g/mol. The number of aromatic nitrogens is 1. The van der Waals surface area contributed by atoms with Crippen LogP contribution in [-0.4, -0.2) is 31.8 Å². The standard InChI is InChI=1S/C13H16Br2N2O2S/c1-18-6-5-16-4-2-3-12-17-8-10(19-12)9-7-11(14)20-13(9)15/h7-8,16H,2-6H2,1H3. The summed E-state index contributed by atoms with van der Waals surface area (Å²) in [7, 11) is 1.71. The van der Waals surface area contributed by atoms with E-state index in [0.717, 1.165) is 57.3 Å². The molecule has 0 unspecified atom stereocenters. The molecule has 4 nitrogen and oxygen atoms in total. The fourth-order valence-corrected chi connectivity index (χ4v) is 4.54. The molecule has 2 heterocycles. The average molecular weight is 424 g/mol. The number of halogens is 2. The van der Waals surface area contributed by atoms with Crippen molar-refractivity contribution in [3.63, 3.8) is 0 Å². The van der Waals surface area contributed by atoms with Gasteiger partial charge < -0.3 is 14.5 Å². The minimum absolute atomic E-state index is 0.740. The number of nitrogens with zero attached hydrogens (tertiary/aromatic N) is 1. The average Bonchev–Trinajstić information content (AvgIpc) is 3.00. The van der Waals surface area contributed by atoms with Crippen LogP contribution in [0.25, 0.3) is 11.3 Å². The van der Waals surface area contributed by atoms with Crippen molar-refractivity contribution < 1.29 is 9.15 Å². The summed E-state index contributed by atoms with van der Waals surface area (Å²) in [6.07, 6.45) is 3.62. The molecule has 0 fully saturated rings. The van der Waals surface area contributed by atoms with Gasteiger partial charge >= 0.3 is 0 Å². The minimum Gasteiger partial charge on any atom is -0.441 e. The summed E-state index contributed by atoms with van der Waals surface area (Å²) in [4.78, 5) is 4.33. The van der Waals surface area contributed by atoms with Crippen LogP contribution in [0.4, 0.5) is 0 Å². The van der Waals surface area contributed by atoms with E-state index in [1.54, 1.807) is 24.6 Å². The van der Waals surface area contributed by atoms with Crippen LogP contribution in [0.3, 0.4) is 0 Å². The molecule has 0 aliphatic rings. The van der Waals surface area contributed by atoms with Crippen molar-refractivity contribution in [3.05, 3.63) is 25.7 Å². The van der Waals surface area contributed by atoms with Crippen LogP contribution >= 0.6 is 43.2 Å². The fraction of sp³-hybridized carbons (Fsp3) is 0.462. The number of oxazole rings is 1. The van der Waals surface area contributed by atoms with E-state index >= 15 is 0 Å². The van der Waals surface area contributed by atoms with Crippen molar-refractivity contribution in [3.8, 4) is 11.3 Å². The van der Waals surface area contributed by atoms with Crippen LogP contribution in [0, 0.1) is 0 Å². The van der Waals surface area contributed by atoms with Gasteiger partial charge in [0.25, 0.3) is 0 Å². The van der Waals surface area contributed by atoms with Crippen LogP contribution in [0.1, 0.15) is 12.3 Å². The maximum absolute atomic E-state index is 5.78. The van der Waals surface area contributed by atoms with E-state index in [4.69, 9.17) is 9.15 Å². The summed E-state index contributed by atoms with van der Waals surface area (Å²) in [5, 5.41) is 3.30. The smallest absolute Gasteiger partial charge is 0.194 e. The van der Waals surface area contributed by atoms with Gasteiger partial charge in [-0.05, 0) is 50.9 Å². The van der Waals surface area contributed by atoms with E-state index in [1.165, 1.54) is 0 Å². The molecule has 2 aromatic heterocycles. The summed E-state index contributed by atoms with van der Waals surface area (Å²) >= 11 is 8.62. The van der Waals surface area contributed by atoms with Gasteiger partial charge in [0.15, 0.2) is 11.7 Å². The quantitative estimate of drug-likeness (QED) is 0.649. The maximum Gasteiger partial charge on any atom is 0.194 e. The Morgan fingerprint density at radius 1 is 1.40 bits per heavy atom. The van der Waals surface area contributed by atoms with Crippen molar-refractivity contribution in [2.24, 2.45) is 0 Å². The number of ether oxygens (including phenoxy) is 1. The maximum atomic E-state index is 5.78. The largest absolute Gasteiger partial charge is 0.441 e. The Morgan fingerprint density at radius 3 is 2.95 bits per heavy atom. The molecule has 1 N–H and O–H groups in total. The van der Waals surface area contributed by atoms with Crippen LogP contribution in [-0.2, 0) is 11.2 Å². The van der Waals surface area contributed by atoms with E-state index in [0.29, 0.717) is 0 Å². The molecule has 20 heavy (non-hydrogen) atoms. The van der Waals surface area contributed by atoms with Crippen LogP contribution in [0.15, 0.2) is 24.3 Å². The first-order valence-corrected chi connectivity index (χ1v) is 8.70. The van der Waals surface area contributed by atoms with E-state index < -0.39 is 0 Å². The van der Waals surface area contributed by atoms with Crippen molar-refractivity contribution in [1.29, 1.82) is 0 Å². The molecule has 7 heteroatoms. The molecule has 0 amide bonds. The number of hydrogen-bond acceptors (Lipinski definition) is 5. The summed E-state index contributed by atoms with van der Waals surface area (Å²) in [5.74, 6) is 1.59. The molecule has 0 spiro atoms. The predicted octanol–water partition coefficient (Wildman–Crippen LogP) is 4.10. The van der Waals surface area contributed by atoms with E-state index in [9.17, 15) is 0 Å². The summed E-state index contributed by atoms with van der Waals surface area (Å²) < 4.78 is 12.9. The third kappa shape index (κ3) is 4.66. The van der Waals surface area contributed by atoms with Gasteiger partial charge in [-0.15, -0.1) is 11.3 Å². The summed E-state index contributed by atoms with van der Waals surface area (Å²) in [5.41, 5.74) is 1.04. The highest BCUT2D eigenvalue weighted by Crippen LogP contribution is 2.38. The normalized spacial score (nSPS) is 11.2. The molecule has 0 aliphatic heterocycles. The molecule has 0 atom stereocenters. The van der Waals surface area contributed by atoms with Gasteiger partial charge in [-0.1, -0.05) is 0 Å². The lowest BCUT2D eigenvalue weighted by atomic mass is 10.3. The van der Waals surface area contributed by atoms with Gasteiger partial charge in [0.2, 0.25) is 0 Å². The Balaban J connectivity index is 1.82. The van der Waals surface area contributed by atoms with Gasteiger partial charge in [0, 0.05) is 25.6 Å². The molecule has 0 bridgehead atoms. The number of thiophene rings is 1. The molecule has 2 aromatic rings. The van der Waals surface area contributed by atoms with Gasteiger partial charge in [-0.25, -0.2) is 4.98 Å². The van der Waals surface area contributed by atoms with Crippen molar-refractivity contribution >= 4 is 43.2 Å². The van der Waals surface area contributed by atoms with Crippen molar-refractivity contribution in [2.45, 2.75) is 12.8 Å². The van der Waals surface area contributed by atoms with Crippen molar-refractivity contribution in [1.82, 2.24) is 10.3 Å². The molecule has 0 radical (unpaired) electrons. The fourth-order valence-electron chi connectivity index (χ4n) is 1.72. The first-order valence-electron chi connectivity index (χ1n) is 6.30. The second kappa shape index (κ2) is 8.29. The molecule has 110 valence electrons. The van der Waals surface area contributed by atoms with Gasteiger partial charge in [0.1, 0.15) is 0 Å². The van der Waals surface area contributed by atoms with Crippen LogP contribution in [0.5, 0.6) is 0 Å². The number of methoxy groups -OCH3 is 1. The topological polar surface area (TPSA) is 47.3 Å². The highest BCUT2D eigenvalue weighted by Gasteiger charge is 2.12. The molecule has 0 saturated heterocycles. The third-order valence-corrected chi connectivity index (χ3v) is 5.04. The Hall–Kier alpha value is -0.210. The first-order chi connectivity index (χ1) is 9.70. The lowest BCUT2D eigenvalue weighted by Gasteiger charge is -2.01. The molecular formula is C13H16Br2N2O2S. The number of nitrogens with one attached hydrogen (secondary N) is 1. The second-order valence-electron chi connectivity index (χ2n) is 4.20. The van der Waals surface area contributed by atoms with Gasteiger partial charge in [-0.2, -0.15) is 0 Å². The minimum atomic E-state index is 0.740. The number of aryl methyl sites for hydroxylation is 1. The lowest BCUT2D eigenvalue weighted by molar-refractivity contribution is 0.199. The van der Waals surface area contributed by atoms with Crippen LogP contribution in [0.2, 0.25) is 0 Å². The van der Waals surface area contributed by atoms with Crippen LogP contribution < -0.4 is 5.32 Å². The van der Waals surface area contributed by atoms with E-state index in [1.807, 2.05) is 6.07 Å². The SMILES string of the molecule is COCCNCCCc1ncc(-c2cc(Br)sc2Br)o1. The molecule has 0 saturated carbocycles. The Labute approximate surface area is 139 Å². The zero-order valence-corrected chi connectivity index (χ0v) is 15.1. The Morgan fingerprint density at radius 2 is 2.25 bits per heavy atom. The highest BCUT2D eigenvalue weighted by atomic mass is 79.9. The Bertz CT molecular complexity index is 542.